The van der Waals surface area contributed by atoms with Crippen LogP contribution in [0.1, 0.15) is 26.7 Å². The number of likely N-dealkylation sites (N-methyl/N-ethyl adjacent to an activating group) is 1. The predicted molar refractivity (Wildman–Crippen MR) is 65.3 cm³/mol. The number of rotatable bonds is 8. The van der Waals surface area contributed by atoms with E-state index in [2.05, 4.69) is 18.7 Å². The molecular weight excluding hydrogens is 204 g/mol. The van der Waals surface area contributed by atoms with Gasteiger partial charge in [-0.25, -0.2) is 0 Å². The zero-order valence-electron chi connectivity index (χ0n) is 10.8. The molecule has 2 unspecified atom stereocenters. The minimum atomic E-state index is -0.696. The smallest absolute Gasteiger partial charge is 0.0923 e. The van der Waals surface area contributed by atoms with Crippen LogP contribution >= 0.6 is 0 Å². The zero-order valence-corrected chi connectivity index (χ0v) is 10.8. The molecule has 3 N–H and O–H groups in total. The number of aliphatic hydroxyl groups is 1. The molecule has 4 heteroatoms. The van der Waals surface area contributed by atoms with E-state index in [9.17, 15) is 5.11 Å². The van der Waals surface area contributed by atoms with E-state index in [1.54, 1.807) is 7.11 Å². The molecule has 0 aromatic carbocycles. The maximum atomic E-state index is 10.5. The van der Waals surface area contributed by atoms with Crippen LogP contribution < -0.4 is 5.73 Å². The first-order valence-corrected chi connectivity index (χ1v) is 6.22. The Hall–Kier alpha value is -0.160. The molecular formula is C12H26N2O2. The maximum absolute atomic E-state index is 10.5. The van der Waals surface area contributed by atoms with E-state index in [-0.39, 0.29) is 0 Å². The van der Waals surface area contributed by atoms with Crippen LogP contribution in [0.3, 0.4) is 0 Å². The van der Waals surface area contributed by atoms with Gasteiger partial charge in [-0.2, -0.15) is 0 Å². The lowest BCUT2D eigenvalue weighted by molar-refractivity contribution is -0.0250. The number of hydrogen-bond donors (Lipinski definition) is 2. The second-order valence-electron chi connectivity index (χ2n) is 4.95. The van der Waals surface area contributed by atoms with Gasteiger partial charge in [0, 0.05) is 26.2 Å². The van der Waals surface area contributed by atoms with Gasteiger partial charge >= 0.3 is 0 Å². The van der Waals surface area contributed by atoms with Gasteiger partial charge in [-0.15, -0.1) is 0 Å². The van der Waals surface area contributed by atoms with Crippen LogP contribution in [0.25, 0.3) is 0 Å². The number of methoxy groups -OCH3 is 1. The van der Waals surface area contributed by atoms with E-state index in [0.29, 0.717) is 31.7 Å². The average Bonchev–Trinajstić information content (AvgIpc) is 3.09. The fourth-order valence-corrected chi connectivity index (χ4v) is 2.26. The summed E-state index contributed by atoms with van der Waals surface area (Å²) in [5, 5.41) is 10.5. The van der Waals surface area contributed by atoms with Crippen molar-refractivity contribution < 1.29 is 9.84 Å². The molecule has 0 spiro atoms. The summed E-state index contributed by atoms with van der Waals surface area (Å²) in [6, 6.07) is 0.326. The molecule has 0 radical (unpaired) electrons. The van der Waals surface area contributed by atoms with Crippen molar-refractivity contribution in [1.29, 1.82) is 0 Å². The summed E-state index contributed by atoms with van der Waals surface area (Å²) in [7, 11) is 1.71. The van der Waals surface area contributed by atoms with Crippen LogP contribution in [0.5, 0.6) is 0 Å². The highest BCUT2D eigenvalue weighted by Crippen LogP contribution is 2.39. The third-order valence-corrected chi connectivity index (χ3v) is 3.61. The van der Waals surface area contributed by atoms with Crippen molar-refractivity contribution >= 4 is 0 Å². The van der Waals surface area contributed by atoms with E-state index in [1.807, 2.05) is 0 Å². The van der Waals surface area contributed by atoms with Crippen LogP contribution in [0, 0.1) is 5.92 Å². The van der Waals surface area contributed by atoms with Gasteiger partial charge < -0.3 is 15.6 Å². The highest BCUT2D eigenvalue weighted by molar-refractivity contribution is 4.97. The molecule has 0 saturated heterocycles. The first kappa shape index (κ1) is 13.9. The van der Waals surface area contributed by atoms with Crippen molar-refractivity contribution in [3.8, 4) is 0 Å². The van der Waals surface area contributed by atoms with Gasteiger partial charge in [-0.05, 0) is 32.2 Å². The van der Waals surface area contributed by atoms with Gasteiger partial charge in [0.1, 0.15) is 0 Å². The first-order chi connectivity index (χ1) is 7.57. The summed E-state index contributed by atoms with van der Waals surface area (Å²) < 4.78 is 5.16. The molecule has 16 heavy (non-hydrogen) atoms. The van der Waals surface area contributed by atoms with Gasteiger partial charge in [-0.3, -0.25) is 4.90 Å². The minimum Gasteiger partial charge on any atom is -0.387 e. The third kappa shape index (κ3) is 3.42. The van der Waals surface area contributed by atoms with Gasteiger partial charge in [-0.1, -0.05) is 6.92 Å². The Bertz CT molecular complexity index is 209. The normalized spacial score (nSPS) is 22.1. The van der Waals surface area contributed by atoms with Crippen molar-refractivity contribution in [3.63, 3.8) is 0 Å². The minimum absolute atomic E-state index is 0.326. The Labute approximate surface area is 98.8 Å². The molecule has 1 saturated carbocycles. The summed E-state index contributed by atoms with van der Waals surface area (Å²) in [5.41, 5.74) is 5.02. The number of nitrogens with zero attached hydrogens (tertiary/aromatic N) is 1. The predicted octanol–water partition coefficient (Wildman–Crippen LogP) is 0.443. The van der Waals surface area contributed by atoms with Crippen LogP contribution in [0.4, 0.5) is 0 Å². The Morgan fingerprint density at radius 1 is 1.56 bits per heavy atom. The van der Waals surface area contributed by atoms with Crippen LogP contribution in [0.15, 0.2) is 0 Å². The van der Waals surface area contributed by atoms with Crippen LogP contribution in [0.2, 0.25) is 0 Å². The van der Waals surface area contributed by atoms with Crippen LogP contribution in [-0.4, -0.2) is 55.0 Å². The van der Waals surface area contributed by atoms with Crippen molar-refractivity contribution in [3.05, 3.63) is 0 Å². The van der Waals surface area contributed by atoms with Crippen molar-refractivity contribution in [2.24, 2.45) is 11.7 Å². The fourth-order valence-electron chi connectivity index (χ4n) is 2.26. The van der Waals surface area contributed by atoms with Crippen molar-refractivity contribution in [2.45, 2.75) is 38.3 Å². The molecule has 0 bridgehead atoms. The third-order valence-electron chi connectivity index (χ3n) is 3.61. The SMILES string of the molecule is CCN(CC(O)(CN)C1CC1)C(C)COC. The molecule has 4 nitrogen and oxygen atoms in total. The summed E-state index contributed by atoms with van der Waals surface area (Å²) >= 11 is 0. The molecule has 96 valence electrons. The second-order valence-corrected chi connectivity index (χ2v) is 4.95. The van der Waals surface area contributed by atoms with Crippen molar-refractivity contribution in [2.75, 3.05) is 33.4 Å². The second kappa shape index (κ2) is 5.96. The Balaban J connectivity index is 2.53. The molecule has 2 atom stereocenters. The highest BCUT2D eigenvalue weighted by Gasteiger charge is 2.44. The standard InChI is InChI=1S/C12H26N2O2/c1-4-14(10(2)7-16-3)9-12(15,8-13)11-5-6-11/h10-11,15H,4-9,13H2,1-3H3. The summed E-state index contributed by atoms with van der Waals surface area (Å²) in [4.78, 5) is 2.24. The van der Waals surface area contributed by atoms with Gasteiger partial charge in [0.05, 0.1) is 12.2 Å². The molecule has 0 amide bonds. The molecule has 1 aliphatic rings. The lowest BCUT2D eigenvalue weighted by Gasteiger charge is -2.36. The summed E-state index contributed by atoms with van der Waals surface area (Å²) in [6.07, 6.45) is 2.23. The Kier molecular flexibility index (Phi) is 5.18. The first-order valence-electron chi connectivity index (χ1n) is 6.22. The van der Waals surface area contributed by atoms with Gasteiger partial charge in [0.25, 0.3) is 0 Å². The number of ether oxygens (including phenoxy) is 1. The van der Waals surface area contributed by atoms with Gasteiger partial charge in [0.15, 0.2) is 0 Å². The Morgan fingerprint density at radius 3 is 2.56 bits per heavy atom. The lowest BCUT2D eigenvalue weighted by Crippen LogP contribution is -2.53. The molecule has 0 heterocycles. The van der Waals surface area contributed by atoms with Crippen molar-refractivity contribution in [1.82, 2.24) is 4.90 Å². The lowest BCUT2D eigenvalue weighted by atomic mass is 9.96. The fraction of sp³-hybridized carbons (Fsp3) is 1.00. The molecule has 0 aliphatic heterocycles. The zero-order chi connectivity index (χ0) is 12.2. The van der Waals surface area contributed by atoms with E-state index in [0.717, 1.165) is 19.4 Å². The van der Waals surface area contributed by atoms with E-state index in [1.165, 1.54) is 0 Å². The highest BCUT2D eigenvalue weighted by atomic mass is 16.5. The number of hydrogen-bond acceptors (Lipinski definition) is 4. The van der Waals surface area contributed by atoms with E-state index < -0.39 is 5.60 Å². The average molecular weight is 230 g/mol. The monoisotopic (exact) mass is 230 g/mol. The Morgan fingerprint density at radius 2 is 2.19 bits per heavy atom. The maximum Gasteiger partial charge on any atom is 0.0923 e. The van der Waals surface area contributed by atoms with E-state index >= 15 is 0 Å². The molecule has 0 aromatic rings. The number of nitrogens with two attached hydrogens (primary N) is 1. The topological polar surface area (TPSA) is 58.7 Å². The van der Waals surface area contributed by atoms with E-state index in [4.69, 9.17) is 10.5 Å². The summed E-state index contributed by atoms with van der Waals surface area (Å²) in [5.74, 6) is 0.404. The summed E-state index contributed by atoms with van der Waals surface area (Å²) in [6.45, 7) is 6.86. The molecule has 0 aromatic heterocycles. The molecule has 1 fully saturated rings. The quantitative estimate of drug-likeness (QED) is 0.635. The largest absolute Gasteiger partial charge is 0.387 e. The van der Waals surface area contributed by atoms with Crippen LogP contribution in [-0.2, 0) is 4.74 Å². The molecule has 1 aliphatic carbocycles. The van der Waals surface area contributed by atoms with Gasteiger partial charge in [0.2, 0.25) is 0 Å². The molecule has 1 rings (SSSR count).